The van der Waals surface area contributed by atoms with Crippen molar-refractivity contribution in [2.75, 3.05) is 12.3 Å². The molecule has 1 unspecified atom stereocenters. The third-order valence-electron chi connectivity index (χ3n) is 2.57. The predicted octanol–water partition coefficient (Wildman–Crippen LogP) is 2.00. The zero-order valence-corrected chi connectivity index (χ0v) is 13.5. The molecule has 0 aliphatic carbocycles. The van der Waals surface area contributed by atoms with Crippen LogP contribution < -0.4 is 0 Å². The van der Waals surface area contributed by atoms with E-state index < -0.39 is 5.25 Å². The van der Waals surface area contributed by atoms with Crippen molar-refractivity contribution >= 4 is 35.6 Å². The number of nitrogens with zero attached hydrogens (tertiary/aromatic N) is 1. The first kappa shape index (κ1) is 19.6. The van der Waals surface area contributed by atoms with Crippen LogP contribution >= 0.6 is 11.8 Å². The molecule has 0 aromatic rings. The van der Waals surface area contributed by atoms with Gasteiger partial charge in [0.2, 0.25) is 11.8 Å². The fourth-order valence-electron chi connectivity index (χ4n) is 1.60. The molecule has 0 spiro atoms. The molecule has 1 aliphatic rings. The van der Waals surface area contributed by atoms with Crippen molar-refractivity contribution in [3.63, 3.8) is 0 Å². The summed E-state index contributed by atoms with van der Waals surface area (Å²) in [4.78, 5) is 45.8. The summed E-state index contributed by atoms with van der Waals surface area (Å²) in [5.74, 6) is -0.159. The van der Waals surface area contributed by atoms with E-state index in [4.69, 9.17) is 0 Å². The summed E-state index contributed by atoms with van der Waals surface area (Å²) in [5.41, 5.74) is 0. The Morgan fingerprint density at radius 2 is 2.05 bits per heavy atom. The van der Waals surface area contributed by atoms with Gasteiger partial charge in [-0.3, -0.25) is 19.3 Å². The molecular weight excluding hydrogens is 290 g/mol. The number of carbonyl (C=O) groups excluding carboxylic acids is 4. The van der Waals surface area contributed by atoms with Gasteiger partial charge in [-0.25, -0.2) is 0 Å². The molecule has 1 rings (SSSR count). The maximum Gasteiger partial charge on any atom is 0.242 e. The Labute approximate surface area is 130 Å². The smallest absolute Gasteiger partial charge is 0.242 e. The molecule has 0 aromatic heterocycles. The molecule has 1 atom stereocenters. The Balaban J connectivity index is 0.00000122. The maximum atomic E-state index is 11.9. The van der Waals surface area contributed by atoms with Crippen LogP contribution in [0.1, 0.15) is 39.5 Å². The van der Waals surface area contributed by atoms with E-state index in [1.807, 2.05) is 0 Å². The van der Waals surface area contributed by atoms with Crippen LogP contribution in [-0.2, 0) is 19.2 Å². The van der Waals surface area contributed by atoms with Crippen LogP contribution in [0.3, 0.4) is 0 Å². The van der Waals surface area contributed by atoms with Gasteiger partial charge >= 0.3 is 0 Å². The standard InChI is InChI=1S/C12H15NO4S.C3H8/c1-2-9(15)4-5-13-11(16)8-10(12(13)17)18-7-3-6-14;1-3-2/h2,6,10H,1,3-5,7-8H2;3H2,1-2H3. The molecule has 5 nitrogen and oxygen atoms in total. The van der Waals surface area contributed by atoms with Crippen LogP contribution in [0.4, 0.5) is 0 Å². The highest BCUT2D eigenvalue weighted by Gasteiger charge is 2.38. The van der Waals surface area contributed by atoms with E-state index in [9.17, 15) is 19.2 Å². The van der Waals surface area contributed by atoms with E-state index >= 15 is 0 Å². The number of amides is 2. The minimum atomic E-state index is -0.406. The number of carbonyl (C=O) groups is 4. The first-order valence-electron chi connectivity index (χ1n) is 7.06. The number of aldehydes is 1. The third-order valence-corrected chi connectivity index (χ3v) is 3.81. The molecule has 21 heavy (non-hydrogen) atoms. The Morgan fingerprint density at radius 1 is 1.43 bits per heavy atom. The van der Waals surface area contributed by atoms with Gasteiger partial charge in [0, 0.05) is 31.6 Å². The van der Waals surface area contributed by atoms with Crippen LogP contribution in [0.25, 0.3) is 0 Å². The fraction of sp³-hybridized carbons (Fsp3) is 0.600. The summed E-state index contributed by atoms with van der Waals surface area (Å²) in [5, 5.41) is -0.406. The molecule has 0 bridgehead atoms. The molecule has 1 heterocycles. The van der Waals surface area contributed by atoms with E-state index in [0.29, 0.717) is 12.2 Å². The lowest BCUT2D eigenvalue weighted by Crippen LogP contribution is -2.33. The second-order valence-electron chi connectivity index (χ2n) is 4.53. The molecule has 0 N–H and O–H groups in total. The van der Waals surface area contributed by atoms with Crippen molar-refractivity contribution in [3.05, 3.63) is 12.7 Å². The number of imide groups is 1. The van der Waals surface area contributed by atoms with Crippen molar-refractivity contribution in [3.8, 4) is 0 Å². The average molecular weight is 313 g/mol. The molecule has 118 valence electrons. The summed E-state index contributed by atoms with van der Waals surface area (Å²) in [6, 6.07) is 0. The quantitative estimate of drug-likeness (QED) is 0.297. The topological polar surface area (TPSA) is 71.5 Å². The second kappa shape index (κ2) is 11.3. The van der Waals surface area contributed by atoms with Gasteiger partial charge in [0.1, 0.15) is 6.29 Å². The van der Waals surface area contributed by atoms with Crippen LogP contribution in [0, 0.1) is 0 Å². The average Bonchev–Trinajstić information content (AvgIpc) is 2.72. The Morgan fingerprint density at radius 3 is 2.57 bits per heavy atom. The molecule has 6 heteroatoms. The molecule has 1 saturated heterocycles. The minimum absolute atomic E-state index is 0.118. The van der Waals surface area contributed by atoms with E-state index in [1.165, 1.54) is 24.3 Å². The maximum absolute atomic E-state index is 11.9. The number of ketones is 1. The highest BCUT2D eigenvalue weighted by atomic mass is 32.2. The van der Waals surface area contributed by atoms with Crippen molar-refractivity contribution < 1.29 is 19.2 Å². The molecular formula is C15H23NO4S. The molecule has 1 aliphatic heterocycles. The van der Waals surface area contributed by atoms with Gasteiger partial charge in [-0.15, -0.1) is 11.8 Å². The first-order chi connectivity index (χ1) is 10.0. The lowest BCUT2D eigenvalue weighted by molar-refractivity contribution is -0.138. The highest BCUT2D eigenvalue weighted by Crippen LogP contribution is 2.25. The molecule has 2 amide bonds. The van der Waals surface area contributed by atoms with Gasteiger partial charge in [-0.1, -0.05) is 26.8 Å². The Bertz CT molecular complexity index is 395. The lowest BCUT2D eigenvalue weighted by Gasteiger charge is -2.13. The largest absolute Gasteiger partial charge is 0.303 e. The number of rotatable bonds is 8. The van der Waals surface area contributed by atoms with Crippen LogP contribution in [0.2, 0.25) is 0 Å². The number of thioether (sulfide) groups is 1. The van der Waals surface area contributed by atoms with Crippen LogP contribution in [0.5, 0.6) is 0 Å². The minimum Gasteiger partial charge on any atom is -0.303 e. The van der Waals surface area contributed by atoms with Crippen LogP contribution in [-0.4, -0.2) is 46.3 Å². The van der Waals surface area contributed by atoms with Gasteiger partial charge in [-0.2, -0.15) is 0 Å². The monoisotopic (exact) mass is 313 g/mol. The zero-order valence-electron chi connectivity index (χ0n) is 12.7. The van der Waals surface area contributed by atoms with Gasteiger partial charge in [0.15, 0.2) is 5.78 Å². The van der Waals surface area contributed by atoms with Crippen molar-refractivity contribution in [2.45, 2.75) is 44.8 Å². The van der Waals surface area contributed by atoms with Gasteiger partial charge in [0.05, 0.1) is 5.25 Å². The Kier molecular flexibility index (Phi) is 10.5. The molecule has 0 saturated carbocycles. The number of likely N-dealkylation sites (tertiary alicyclic amines) is 1. The third kappa shape index (κ3) is 7.22. The Hall–Kier alpha value is -1.43. The van der Waals surface area contributed by atoms with E-state index in [-0.39, 0.29) is 37.0 Å². The lowest BCUT2D eigenvalue weighted by atomic mass is 10.2. The first-order valence-corrected chi connectivity index (χ1v) is 8.11. The fourth-order valence-corrected chi connectivity index (χ4v) is 2.65. The normalized spacial score (nSPS) is 17.2. The number of hydrogen-bond acceptors (Lipinski definition) is 5. The highest BCUT2D eigenvalue weighted by molar-refractivity contribution is 8.00. The van der Waals surface area contributed by atoms with E-state index in [2.05, 4.69) is 20.4 Å². The van der Waals surface area contributed by atoms with Gasteiger partial charge in [0.25, 0.3) is 0 Å². The summed E-state index contributed by atoms with van der Waals surface area (Å²) >= 11 is 1.32. The SMILES string of the molecule is C=CC(=O)CCN1C(=O)CC(SCCC=O)C1=O.CCC. The van der Waals surface area contributed by atoms with Crippen molar-refractivity contribution in [2.24, 2.45) is 0 Å². The summed E-state index contributed by atoms with van der Waals surface area (Å²) in [6.45, 7) is 7.70. The zero-order chi connectivity index (χ0) is 16.3. The van der Waals surface area contributed by atoms with E-state index in [1.54, 1.807) is 0 Å². The molecule has 0 radical (unpaired) electrons. The van der Waals surface area contributed by atoms with Gasteiger partial charge in [-0.05, 0) is 6.08 Å². The predicted molar refractivity (Wildman–Crippen MR) is 84.1 cm³/mol. The summed E-state index contributed by atoms with van der Waals surface area (Å²) < 4.78 is 0. The summed E-state index contributed by atoms with van der Waals surface area (Å²) in [7, 11) is 0. The van der Waals surface area contributed by atoms with Crippen LogP contribution in [0.15, 0.2) is 12.7 Å². The van der Waals surface area contributed by atoms with Crippen molar-refractivity contribution in [1.29, 1.82) is 0 Å². The number of allylic oxidation sites excluding steroid dienone is 1. The number of hydrogen-bond donors (Lipinski definition) is 0. The van der Waals surface area contributed by atoms with E-state index in [0.717, 1.165) is 11.2 Å². The van der Waals surface area contributed by atoms with Crippen molar-refractivity contribution in [1.82, 2.24) is 4.90 Å². The molecule has 0 aromatic carbocycles. The molecule has 1 fully saturated rings. The second-order valence-corrected chi connectivity index (χ2v) is 5.84. The van der Waals surface area contributed by atoms with Gasteiger partial charge < -0.3 is 4.79 Å². The summed E-state index contributed by atoms with van der Waals surface area (Å²) in [6.07, 6.45) is 3.87.